The number of hydrogen-bond donors (Lipinski definition) is 1. The number of thioether (sulfide) groups is 1. The molecule has 0 aliphatic carbocycles. The fourth-order valence-corrected chi connectivity index (χ4v) is 13.3. The number of aromatic nitrogens is 3. The van der Waals surface area contributed by atoms with E-state index in [1.54, 1.807) is 25.1 Å². The van der Waals surface area contributed by atoms with Gasteiger partial charge in [0.2, 0.25) is 5.88 Å². The van der Waals surface area contributed by atoms with Gasteiger partial charge in [0, 0.05) is 31.1 Å². The minimum Gasteiger partial charge on any atom is -0.480 e. The van der Waals surface area contributed by atoms with Crippen LogP contribution in [-0.2, 0) is 4.74 Å². The van der Waals surface area contributed by atoms with E-state index in [1.807, 2.05) is 11.2 Å². The fourth-order valence-electron chi connectivity index (χ4n) is 7.69. The van der Waals surface area contributed by atoms with Crippen LogP contribution < -0.4 is 14.4 Å². The summed E-state index contributed by atoms with van der Waals surface area (Å²) in [5.41, 5.74) is 4.08. The predicted octanol–water partition coefficient (Wildman–Crippen LogP) is 8.76. The van der Waals surface area contributed by atoms with Crippen molar-refractivity contribution >= 4 is 47.3 Å². The Morgan fingerprint density at radius 1 is 1.02 bits per heavy atom. The van der Waals surface area contributed by atoms with Gasteiger partial charge in [-0.3, -0.25) is 0 Å². The Morgan fingerprint density at radius 3 is 2.32 bits per heavy atom. The minimum absolute atomic E-state index is 0.0117. The van der Waals surface area contributed by atoms with E-state index in [4.69, 9.17) is 24.2 Å². The lowest BCUT2D eigenvalue weighted by molar-refractivity contribution is 0.0447. The highest BCUT2D eigenvalue weighted by molar-refractivity contribution is 7.98. The van der Waals surface area contributed by atoms with E-state index in [9.17, 15) is 5.11 Å². The molecule has 1 aliphatic rings. The second-order valence-electron chi connectivity index (χ2n) is 14.3. The lowest BCUT2D eigenvalue weighted by Crippen LogP contribution is -2.46. The van der Waals surface area contributed by atoms with Gasteiger partial charge in [0.1, 0.15) is 42.1 Å². The number of hydrogen-bond acceptors (Lipinski definition) is 9. The van der Waals surface area contributed by atoms with E-state index in [0.717, 1.165) is 6.42 Å². The Kier molecular flexibility index (Phi) is 11.3. The molecule has 1 fully saturated rings. The monoisotopic (exact) mass is 722 g/mol. The van der Waals surface area contributed by atoms with E-state index in [2.05, 4.69) is 58.0 Å². The number of β-amino-alcohol motifs (C(OH)–C–C–N with tert-alkyl or cyclic N) is 1. The lowest BCUT2D eigenvalue weighted by atomic mass is 9.94. The molecule has 2 aromatic carbocycles. The van der Waals surface area contributed by atoms with Crippen LogP contribution in [-0.4, -0.2) is 74.1 Å². The molecule has 0 spiro atoms. The molecule has 1 aliphatic heterocycles. The molecule has 0 saturated carbocycles. The number of methoxy groups -OCH3 is 2. The number of ether oxygens (including phenoxy) is 3. The van der Waals surface area contributed by atoms with Gasteiger partial charge in [-0.2, -0.15) is 0 Å². The van der Waals surface area contributed by atoms with Crippen molar-refractivity contribution in [1.29, 1.82) is 0 Å². The van der Waals surface area contributed by atoms with Crippen LogP contribution >= 0.6 is 11.8 Å². The van der Waals surface area contributed by atoms with E-state index < -0.39 is 25.3 Å². The maximum Gasteiger partial charge on any atom is 0.227 e. The first-order valence-corrected chi connectivity index (χ1v) is 20.5. The van der Waals surface area contributed by atoms with Crippen LogP contribution in [0.1, 0.15) is 66.9 Å². The van der Waals surface area contributed by atoms with Crippen molar-refractivity contribution in [3.63, 3.8) is 0 Å². The van der Waals surface area contributed by atoms with E-state index in [0.29, 0.717) is 69.0 Å². The second kappa shape index (κ2) is 15.0. The predicted molar refractivity (Wildman–Crippen MR) is 201 cm³/mol. The molecule has 0 unspecified atom stereocenters. The van der Waals surface area contributed by atoms with Gasteiger partial charge >= 0.3 is 0 Å². The Labute approximate surface area is 299 Å². The lowest BCUT2D eigenvalue weighted by Gasteiger charge is -2.38. The van der Waals surface area contributed by atoms with Crippen molar-refractivity contribution < 1.29 is 28.1 Å². The molecule has 0 amide bonds. The molecule has 0 bridgehead atoms. The first-order valence-electron chi connectivity index (χ1n) is 17.1. The van der Waals surface area contributed by atoms with Crippen LogP contribution in [0.25, 0.3) is 32.9 Å². The number of pyridine rings is 1. The van der Waals surface area contributed by atoms with Gasteiger partial charge in [-0.1, -0.05) is 65.3 Å². The second-order valence-corrected chi connectivity index (χ2v) is 20.6. The zero-order chi connectivity index (χ0) is 36.5. The van der Waals surface area contributed by atoms with Crippen molar-refractivity contribution in [2.45, 2.75) is 88.7 Å². The number of nitrogens with zero attached hydrogens (tertiary/aromatic N) is 4. The first-order chi connectivity index (χ1) is 23.7. The number of benzene rings is 2. The van der Waals surface area contributed by atoms with E-state index in [1.165, 1.54) is 32.0 Å². The third-order valence-electron chi connectivity index (χ3n) is 9.97. The summed E-state index contributed by atoms with van der Waals surface area (Å²) in [7, 11) is 0.700. The Balaban J connectivity index is 1.88. The number of anilines is 1. The summed E-state index contributed by atoms with van der Waals surface area (Å²) in [6.07, 6.45) is 3.19. The summed E-state index contributed by atoms with van der Waals surface area (Å²) in [5, 5.41) is 12.6. The summed E-state index contributed by atoms with van der Waals surface area (Å²) in [6, 6.07) is 6.44. The van der Waals surface area contributed by atoms with Gasteiger partial charge in [-0.05, 0) is 66.2 Å². The first kappa shape index (κ1) is 37.7. The molecule has 4 aromatic rings. The van der Waals surface area contributed by atoms with Crippen LogP contribution in [0.5, 0.6) is 11.6 Å². The zero-order valence-electron chi connectivity index (χ0n) is 30.7. The number of fused-ring (bicyclic) bond motifs is 2. The molecule has 1 saturated heterocycles. The van der Waals surface area contributed by atoms with Crippen molar-refractivity contribution in [3.8, 4) is 34.4 Å². The molecule has 2 aromatic heterocycles. The third kappa shape index (κ3) is 7.02. The van der Waals surface area contributed by atoms with Crippen LogP contribution in [0.15, 0.2) is 29.4 Å². The standard InChI is InChI=1S/C38H48F2N4O4SSi/c1-22(2)50(23(3)4,24(5)6)17-14-27-29(39)13-12-25-18-26(48-21-46-8)19-28(30(25)27)33-32(40)34-31(36(41-33)47-9)35(43-37(42-34)49-10)44-16-11-15-38(7,45)20-44/h12-13,18-19,22-24,45H,11,15-16,20-21H2,1-10H3/t38-/m1/s1. The maximum atomic E-state index is 17.2. The van der Waals surface area contributed by atoms with Gasteiger partial charge in [-0.25, -0.2) is 23.7 Å². The van der Waals surface area contributed by atoms with Gasteiger partial charge in [0.15, 0.2) is 17.8 Å². The van der Waals surface area contributed by atoms with Gasteiger partial charge in [0.05, 0.1) is 18.3 Å². The Morgan fingerprint density at radius 2 is 1.72 bits per heavy atom. The number of piperidine rings is 1. The summed E-state index contributed by atoms with van der Waals surface area (Å²) < 4.78 is 50.2. The molecule has 1 atom stereocenters. The normalized spacial score (nSPS) is 16.8. The molecule has 12 heteroatoms. The van der Waals surface area contributed by atoms with Crippen molar-refractivity contribution in [2.75, 3.05) is 45.3 Å². The third-order valence-corrected chi connectivity index (χ3v) is 16.8. The smallest absolute Gasteiger partial charge is 0.227 e. The highest BCUT2D eigenvalue weighted by Crippen LogP contribution is 2.44. The molecular weight excluding hydrogens is 675 g/mol. The van der Waals surface area contributed by atoms with Gasteiger partial charge in [0.25, 0.3) is 0 Å². The zero-order valence-corrected chi connectivity index (χ0v) is 32.5. The summed E-state index contributed by atoms with van der Waals surface area (Å²) in [5.74, 6) is 3.02. The van der Waals surface area contributed by atoms with Crippen molar-refractivity contribution in [1.82, 2.24) is 15.0 Å². The molecular formula is C38H48F2N4O4SSi. The molecule has 3 heterocycles. The largest absolute Gasteiger partial charge is 0.480 e. The SMILES string of the molecule is COCOc1cc(-c2nc(OC)c3c(N4CCC[C@@](C)(O)C4)nc(SC)nc3c2F)c2c(C#C[Si](C(C)C)(C(C)C)C(C)C)c(F)ccc2c1. The van der Waals surface area contributed by atoms with Crippen LogP contribution in [0, 0.1) is 23.1 Å². The van der Waals surface area contributed by atoms with Crippen molar-refractivity contribution in [3.05, 3.63) is 41.5 Å². The maximum absolute atomic E-state index is 17.2. The van der Waals surface area contributed by atoms with Crippen molar-refractivity contribution in [2.24, 2.45) is 0 Å². The molecule has 0 radical (unpaired) electrons. The Hall–Kier alpha value is -3.50. The molecule has 5 rings (SSSR count). The summed E-state index contributed by atoms with van der Waals surface area (Å²) in [4.78, 5) is 16.1. The Bertz CT molecular complexity index is 1940. The van der Waals surface area contributed by atoms with Crippen LogP contribution in [0.3, 0.4) is 0 Å². The van der Waals surface area contributed by atoms with E-state index >= 15 is 8.78 Å². The average molecular weight is 723 g/mol. The quantitative estimate of drug-likeness (QED) is 0.0568. The fraction of sp³-hybridized carbons (Fsp3) is 0.500. The molecule has 50 heavy (non-hydrogen) atoms. The highest BCUT2D eigenvalue weighted by Gasteiger charge is 2.42. The van der Waals surface area contributed by atoms with Gasteiger partial charge < -0.3 is 24.2 Å². The molecule has 8 nitrogen and oxygen atoms in total. The number of aliphatic hydroxyl groups is 1. The number of halogens is 2. The minimum atomic E-state index is -2.27. The molecule has 1 N–H and O–H groups in total. The molecule has 268 valence electrons. The topological polar surface area (TPSA) is 89.8 Å². The summed E-state index contributed by atoms with van der Waals surface area (Å²) in [6.45, 7) is 15.9. The summed E-state index contributed by atoms with van der Waals surface area (Å²) >= 11 is 1.28. The van der Waals surface area contributed by atoms with Crippen LogP contribution in [0.2, 0.25) is 16.6 Å². The average Bonchev–Trinajstić information content (AvgIpc) is 3.07. The number of rotatable bonds is 10. The highest BCUT2D eigenvalue weighted by atomic mass is 32.2. The van der Waals surface area contributed by atoms with Gasteiger partial charge in [-0.15, -0.1) is 5.54 Å². The van der Waals surface area contributed by atoms with E-state index in [-0.39, 0.29) is 35.0 Å². The van der Waals surface area contributed by atoms with Crippen LogP contribution in [0.4, 0.5) is 14.6 Å².